The maximum Gasteiger partial charge on any atom is 0.246 e. The molecular formula is C14H19N3O2. The average Bonchev–Trinajstić information content (AvgIpc) is 2.43. The summed E-state index contributed by atoms with van der Waals surface area (Å²) in [5.74, 6) is -0.0886. The minimum absolute atomic E-state index is 0.0185. The van der Waals surface area contributed by atoms with Crippen LogP contribution in [0.5, 0.6) is 0 Å². The van der Waals surface area contributed by atoms with Crippen LogP contribution in [-0.2, 0) is 9.59 Å². The summed E-state index contributed by atoms with van der Waals surface area (Å²) in [7, 11) is 0. The molecule has 1 aromatic carbocycles. The summed E-state index contributed by atoms with van der Waals surface area (Å²) in [6, 6.07) is 7.55. The fourth-order valence-corrected chi connectivity index (χ4v) is 2.24. The molecule has 0 bridgehead atoms. The third kappa shape index (κ3) is 2.70. The number of rotatable bonds is 4. The Balaban J connectivity index is 2.20. The Morgan fingerprint density at radius 2 is 2.00 bits per heavy atom. The van der Waals surface area contributed by atoms with Gasteiger partial charge < -0.3 is 10.2 Å². The summed E-state index contributed by atoms with van der Waals surface area (Å²) in [6.45, 7) is 5.56. The Labute approximate surface area is 113 Å². The number of carbonyl (C=O) groups is 2. The van der Waals surface area contributed by atoms with E-state index < -0.39 is 0 Å². The summed E-state index contributed by atoms with van der Waals surface area (Å²) in [5, 5.41) is 3.06. The molecule has 1 heterocycles. The Hall–Kier alpha value is -2.04. The molecule has 1 aliphatic heterocycles. The standard InChI is InChI=1S/C14H19N3O2/c1-3-16(4-2)14(19)10-17-12-8-6-5-7-11(12)15-9-13(17)18/h5-8,15H,3-4,9-10H2,1-2H3. The van der Waals surface area contributed by atoms with Crippen LogP contribution < -0.4 is 10.2 Å². The molecule has 102 valence electrons. The van der Waals surface area contributed by atoms with E-state index in [9.17, 15) is 9.59 Å². The maximum absolute atomic E-state index is 12.1. The second-order valence-electron chi connectivity index (χ2n) is 4.42. The number of benzene rings is 1. The number of amides is 2. The first-order chi connectivity index (χ1) is 9.17. The van der Waals surface area contributed by atoms with E-state index in [1.807, 2.05) is 38.1 Å². The van der Waals surface area contributed by atoms with E-state index in [2.05, 4.69) is 5.32 Å². The van der Waals surface area contributed by atoms with Gasteiger partial charge in [-0.15, -0.1) is 0 Å². The Morgan fingerprint density at radius 1 is 1.32 bits per heavy atom. The lowest BCUT2D eigenvalue weighted by molar-refractivity contribution is -0.130. The quantitative estimate of drug-likeness (QED) is 0.889. The molecule has 5 nitrogen and oxygen atoms in total. The molecule has 0 atom stereocenters. The van der Waals surface area contributed by atoms with Gasteiger partial charge in [0.05, 0.1) is 17.9 Å². The Kier molecular flexibility index (Phi) is 4.04. The molecule has 2 amide bonds. The first-order valence-electron chi connectivity index (χ1n) is 6.58. The molecule has 0 unspecified atom stereocenters. The second kappa shape index (κ2) is 5.73. The van der Waals surface area contributed by atoms with Crippen molar-refractivity contribution >= 4 is 23.2 Å². The highest BCUT2D eigenvalue weighted by Crippen LogP contribution is 2.28. The van der Waals surface area contributed by atoms with Crippen LogP contribution in [-0.4, -0.2) is 42.9 Å². The molecule has 0 aromatic heterocycles. The van der Waals surface area contributed by atoms with E-state index in [1.165, 1.54) is 0 Å². The highest BCUT2D eigenvalue weighted by molar-refractivity contribution is 6.05. The van der Waals surface area contributed by atoms with Crippen molar-refractivity contribution in [3.63, 3.8) is 0 Å². The number of anilines is 2. The van der Waals surface area contributed by atoms with Crippen LogP contribution in [0.25, 0.3) is 0 Å². The van der Waals surface area contributed by atoms with E-state index in [1.54, 1.807) is 9.80 Å². The number of carbonyl (C=O) groups excluding carboxylic acids is 2. The lowest BCUT2D eigenvalue weighted by atomic mass is 10.2. The maximum atomic E-state index is 12.1. The molecule has 1 aliphatic rings. The first kappa shape index (κ1) is 13.4. The third-order valence-corrected chi connectivity index (χ3v) is 3.34. The monoisotopic (exact) mass is 261 g/mol. The zero-order valence-corrected chi connectivity index (χ0v) is 11.3. The van der Waals surface area contributed by atoms with Crippen molar-refractivity contribution in [2.24, 2.45) is 0 Å². The van der Waals surface area contributed by atoms with Crippen molar-refractivity contribution in [2.45, 2.75) is 13.8 Å². The van der Waals surface area contributed by atoms with Gasteiger partial charge in [0.25, 0.3) is 0 Å². The summed E-state index contributed by atoms with van der Waals surface area (Å²) >= 11 is 0. The number of nitrogens with one attached hydrogen (secondary N) is 1. The normalized spacial score (nSPS) is 13.8. The molecule has 1 aromatic rings. The highest BCUT2D eigenvalue weighted by atomic mass is 16.2. The summed E-state index contributed by atoms with van der Waals surface area (Å²) < 4.78 is 0. The van der Waals surface area contributed by atoms with Crippen molar-refractivity contribution in [1.29, 1.82) is 0 Å². The summed E-state index contributed by atoms with van der Waals surface area (Å²) in [4.78, 5) is 27.4. The van der Waals surface area contributed by atoms with Crippen LogP contribution in [0.15, 0.2) is 24.3 Å². The van der Waals surface area contributed by atoms with Gasteiger partial charge in [0, 0.05) is 13.1 Å². The number of hydrogen-bond acceptors (Lipinski definition) is 3. The summed E-state index contributed by atoms with van der Waals surface area (Å²) in [6.07, 6.45) is 0. The van der Waals surface area contributed by atoms with Crippen molar-refractivity contribution < 1.29 is 9.59 Å². The van der Waals surface area contributed by atoms with Gasteiger partial charge in [-0.05, 0) is 26.0 Å². The van der Waals surface area contributed by atoms with Gasteiger partial charge in [0.15, 0.2) is 0 Å². The highest BCUT2D eigenvalue weighted by Gasteiger charge is 2.26. The van der Waals surface area contributed by atoms with Crippen LogP contribution in [0.4, 0.5) is 11.4 Å². The van der Waals surface area contributed by atoms with Crippen LogP contribution in [0.2, 0.25) is 0 Å². The minimum atomic E-state index is -0.0702. The van der Waals surface area contributed by atoms with Crippen LogP contribution in [0.3, 0.4) is 0 Å². The van der Waals surface area contributed by atoms with E-state index in [-0.39, 0.29) is 24.9 Å². The zero-order valence-electron chi connectivity index (χ0n) is 11.3. The molecule has 0 saturated heterocycles. The third-order valence-electron chi connectivity index (χ3n) is 3.34. The van der Waals surface area contributed by atoms with E-state index in [0.717, 1.165) is 11.4 Å². The van der Waals surface area contributed by atoms with Crippen molar-refractivity contribution in [1.82, 2.24) is 4.90 Å². The first-order valence-corrected chi connectivity index (χ1v) is 6.58. The topological polar surface area (TPSA) is 52.7 Å². The van der Waals surface area contributed by atoms with Crippen molar-refractivity contribution in [2.75, 3.05) is 36.4 Å². The van der Waals surface area contributed by atoms with Gasteiger partial charge in [-0.25, -0.2) is 0 Å². The Morgan fingerprint density at radius 3 is 2.68 bits per heavy atom. The predicted octanol–water partition coefficient (Wildman–Crippen LogP) is 1.31. The number of likely N-dealkylation sites (N-methyl/N-ethyl adjacent to an activating group) is 1. The van der Waals surface area contributed by atoms with E-state index in [4.69, 9.17) is 0 Å². The minimum Gasteiger partial charge on any atom is -0.374 e. The number of nitrogens with zero attached hydrogens (tertiary/aromatic N) is 2. The number of para-hydroxylation sites is 2. The SMILES string of the molecule is CCN(CC)C(=O)CN1C(=O)CNc2ccccc21. The molecule has 5 heteroatoms. The Bertz CT molecular complexity index is 483. The lowest BCUT2D eigenvalue weighted by Crippen LogP contribution is -2.47. The predicted molar refractivity (Wildman–Crippen MR) is 75.2 cm³/mol. The number of hydrogen-bond donors (Lipinski definition) is 1. The van der Waals surface area contributed by atoms with Gasteiger partial charge in [-0.1, -0.05) is 12.1 Å². The van der Waals surface area contributed by atoms with Gasteiger partial charge in [0.1, 0.15) is 6.54 Å². The van der Waals surface area contributed by atoms with Gasteiger partial charge in [0.2, 0.25) is 11.8 Å². The fourth-order valence-electron chi connectivity index (χ4n) is 2.24. The zero-order chi connectivity index (χ0) is 13.8. The largest absolute Gasteiger partial charge is 0.374 e. The molecule has 0 radical (unpaired) electrons. The van der Waals surface area contributed by atoms with Crippen molar-refractivity contribution in [3.8, 4) is 0 Å². The smallest absolute Gasteiger partial charge is 0.246 e. The summed E-state index contributed by atoms with van der Waals surface area (Å²) in [5.41, 5.74) is 1.67. The molecule has 0 spiro atoms. The molecule has 0 saturated carbocycles. The van der Waals surface area contributed by atoms with Gasteiger partial charge >= 0.3 is 0 Å². The van der Waals surface area contributed by atoms with Gasteiger partial charge in [-0.3, -0.25) is 14.5 Å². The van der Waals surface area contributed by atoms with Gasteiger partial charge in [-0.2, -0.15) is 0 Å². The molecule has 1 N–H and O–H groups in total. The van der Waals surface area contributed by atoms with E-state index in [0.29, 0.717) is 13.1 Å². The van der Waals surface area contributed by atoms with Crippen LogP contribution in [0.1, 0.15) is 13.8 Å². The fraction of sp³-hybridized carbons (Fsp3) is 0.429. The molecule has 2 rings (SSSR count). The second-order valence-corrected chi connectivity index (χ2v) is 4.42. The molecule has 19 heavy (non-hydrogen) atoms. The van der Waals surface area contributed by atoms with Crippen molar-refractivity contribution in [3.05, 3.63) is 24.3 Å². The molecule has 0 fully saturated rings. The average molecular weight is 261 g/mol. The van der Waals surface area contributed by atoms with Crippen LogP contribution in [0, 0.1) is 0 Å². The van der Waals surface area contributed by atoms with E-state index >= 15 is 0 Å². The lowest BCUT2D eigenvalue weighted by Gasteiger charge is -2.31. The molecule has 0 aliphatic carbocycles. The molecular weight excluding hydrogens is 242 g/mol. The van der Waals surface area contributed by atoms with Crippen LogP contribution >= 0.6 is 0 Å². The number of fused-ring (bicyclic) bond motifs is 1.